The van der Waals surface area contributed by atoms with Crippen molar-refractivity contribution in [3.05, 3.63) is 23.8 Å². The van der Waals surface area contributed by atoms with E-state index in [9.17, 15) is 16.8 Å². The molecule has 0 amide bonds. The van der Waals surface area contributed by atoms with E-state index in [2.05, 4.69) is 0 Å². The third-order valence-electron chi connectivity index (χ3n) is 3.74. The molecule has 1 heterocycles. The van der Waals surface area contributed by atoms with E-state index >= 15 is 0 Å². The minimum Gasteiger partial charge on any atom is -0.370 e. The Balaban J connectivity index is 2.52. The van der Waals surface area contributed by atoms with Gasteiger partial charge in [-0.25, -0.2) is 16.8 Å². The first-order valence-corrected chi connectivity index (χ1v) is 10.6. The van der Waals surface area contributed by atoms with Gasteiger partial charge in [-0.15, -0.1) is 0 Å². The zero-order valence-electron chi connectivity index (χ0n) is 14.0. The smallest absolute Gasteiger partial charge is 0.243 e. The van der Waals surface area contributed by atoms with Crippen LogP contribution < -0.4 is 0 Å². The largest absolute Gasteiger partial charge is 0.370 e. The number of aryl methyl sites for hydroxylation is 1. The summed E-state index contributed by atoms with van der Waals surface area (Å²) in [5.74, 6) is 0. The maximum absolute atomic E-state index is 13.0. The lowest BCUT2D eigenvalue weighted by molar-refractivity contribution is -0.109. The van der Waals surface area contributed by atoms with Gasteiger partial charge in [0, 0.05) is 19.3 Å². The molecule has 0 saturated carbocycles. The molecular weight excluding hydrogens is 338 g/mol. The van der Waals surface area contributed by atoms with Gasteiger partial charge in [-0.05, 0) is 45.4 Å². The molecule has 2 rings (SSSR count). The summed E-state index contributed by atoms with van der Waals surface area (Å²) in [6, 6.07) is 4.20. The molecule has 0 aliphatic carbocycles. The topological polar surface area (TPSA) is 80.8 Å². The highest BCUT2D eigenvalue weighted by Crippen LogP contribution is 2.29. The number of nitrogens with zero attached hydrogens (tertiary/aromatic N) is 1. The lowest BCUT2D eigenvalue weighted by Gasteiger charge is -2.41. The molecule has 1 aromatic rings. The van der Waals surface area contributed by atoms with Gasteiger partial charge in [-0.1, -0.05) is 6.07 Å². The van der Waals surface area contributed by atoms with Crippen LogP contribution in [0.15, 0.2) is 28.0 Å². The third-order valence-corrected chi connectivity index (χ3v) is 6.81. The first-order chi connectivity index (χ1) is 10.3. The highest BCUT2D eigenvalue weighted by molar-refractivity contribution is 7.91. The van der Waals surface area contributed by atoms with Gasteiger partial charge in [0.1, 0.15) is 0 Å². The van der Waals surface area contributed by atoms with Crippen molar-refractivity contribution >= 4 is 19.9 Å². The number of hydrogen-bond donors (Lipinski definition) is 0. The fraction of sp³-hybridized carbons (Fsp3) is 0.600. The summed E-state index contributed by atoms with van der Waals surface area (Å²) in [6.45, 7) is 7.63. The molecular formula is C15H23NO5S2. The van der Waals surface area contributed by atoms with E-state index in [0.29, 0.717) is 5.56 Å². The number of rotatable bonds is 3. The maximum Gasteiger partial charge on any atom is 0.243 e. The molecule has 1 unspecified atom stereocenters. The van der Waals surface area contributed by atoms with E-state index in [1.54, 1.807) is 6.92 Å². The first kappa shape index (κ1) is 18.4. The number of benzene rings is 1. The molecule has 6 nitrogen and oxygen atoms in total. The average molecular weight is 361 g/mol. The van der Waals surface area contributed by atoms with Gasteiger partial charge in [-0.3, -0.25) is 0 Å². The Hall–Kier alpha value is -0.960. The summed E-state index contributed by atoms with van der Waals surface area (Å²) in [5, 5.41) is 0. The third kappa shape index (κ3) is 3.93. The molecule has 23 heavy (non-hydrogen) atoms. The van der Waals surface area contributed by atoms with Gasteiger partial charge in [0.25, 0.3) is 0 Å². The highest BCUT2D eigenvalue weighted by atomic mass is 32.2. The van der Waals surface area contributed by atoms with E-state index in [1.807, 2.05) is 20.8 Å². The fourth-order valence-corrected chi connectivity index (χ4v) is 5.44. The second kappa shape index (κ2) is 5.84. The molecule has 0 spiro atoms. The number of morpholine rings is 1. The van der Waals surface area contributed by atoms with Gasteiger partial charge in [-0.2, -0.15) is 4.31 Å². The van der Waals surface area contributed by atoms with Crippen LogP contribution in [0.25, 0.3) is 0 Å². The Morgan fingerprint density at radius 3 is 2.35 bits per heavy atom. The molecule has 0 N–H and O–H groups in total. The van der Waals surface area contributed by atoms with Crippen LogP contribution >= 0.6 is 0 Å². The maximum atomic E-state index is 13.0. The van der Waals surface area contributed by atoms with Crippen molar-refractivity contribution in [1.29, 1.82) is 0 Å². The minimum atomic E-state index is -3.79. The Morgan fingerprint density at radius 1 is 1.22 bits per heavy atom. The lowest BCUT2D eigenvalue weighted by Crippen LogP contribution is -2.53. The summed E-state index contributed by atoms with van der Waals surface area (Å²) >= 11 is 0. The van der Waals surface area contributed by atoms with E-state index in [0.717, 1.165) is 6.26 Å². The van der Waals surface area contributed by atoms with Crippen molar-refractivity contribution in [1.82, 2.24) is 4.31 Å². The molecule has 130 valence electrons. The van der Waals surface area contributed by atoms with Crippen LogP contribution in [0.3, 0.4) is 0 Å². The van der Waals surface area contributed by atoms with Gasteiger partial charge < -0.3 is 4.74 Å². The van der Waals surface area contributed by atoms with Crippen molar-refractivity contribution in [3.8, 4) is 0 Å². The van der Waals surface area contributed by atoms with Crippen LogP contribution in [0.5, 0.6) is 0 Å². The van der Waals surface area contributed by atoms with E-state index in [4.69, 9.17) is 4.74 Å². The second-order valence-corrected chi connectivity index (χ2v) is 10.6. The number of sulfonamides is 1. The SMILES string of the molecule is Cc1ccc(S(C)(=O)=O)cc1S(=O)(=O)N1CC(C)OC(C)(C)C1. The number of hydrogen-bond acceptors (Lipinski definition) is 5. The van der Waals surface area contributed by atoms with Crippen LogP contribution in [-0.4, -0.2) is 52.2 Å². The monoisotopic (exact) mass is 361 g/mol. The standard InChI is InChI=1S/C15H23NO5S2/c1-11-6-7-13(22(5,17)18)8-14(11)23(19,20)16-9-12(2)21-15(3,4)10-16/h6-8,12H,9-10H2,1-5H3. The summed E-state index contributed by atoms with van der Waals surface area (Å²) in [5.41, 5.74) is -0.0676. The van der Waals surface area contributed by atoms with Gasteiger partial charge in [0.2, 0.25) is 10.0 Å². The zero-order valence-corrected chi connectivity index (χ0v) is 15.7. The molecule has 8 heteroatoms. The minimum absolute atomic E-state index is 0.00208. The molecule has 1 fully saturated rings. The Labute approximate surface area is 138 Å². The summed E-state index contributed by atoms with van der Waals surface area (Å²) in [4.78, 5) is 0.0348. The van der Waals surface area contributed by atoms with Crippen molar-refractivity contribution in [3.63, 3.8) is 0 Å². The van der Waals surface area contributed by atoms with E-state index in [-0.39, 0.29) is 29.0 Å². The molecule has 1 aliphatic rings. The van der Waals surface area contributed by atoms with E-state index in [1.165, 1.54) is 22.5 Å². The lowest BCUT2D eigenvalue weighted by atomic mass is 10.1. The summed E-state index contributed by atoms with van der Waals surface area (Å²) in [6.07, 6.45) is 0.834. The first-order valence-electron chi connectivity index (χ1n) is 7.32. The normalized spacial score (nSPS) is 22.9. The predicted octanol–water partition coefficient (Wildman–Crippen LogP) is 1.59. The van der Waals surface area contributed by atoms with Crippen molar-refractivity contribution in [2.24, 2.45) is 0 Å². The molecule has 0 radical (unpaired) electrons. The predicted molar refractivity (Wildman–Crippen MR) is 87.7 cm³/mol. The average Bonchev–Trinajstić information content (AvgIpc) is 2.35. The zero-order chi connectivity index (χ0) is 17.6. The second-order valence-electron chi connectivity index (χ2n) is 6.69. The Kier molecular flexibility index (Phi) is 4.67. The van der Waals surface area contributed by atoms with Crippen LogP contribution in [0.2, 0.25) is 0 Å². The van der Waals surface area contributed by atoms with E-state index < -0.39 is 25.5 Å². The number of ether oxygens (including phenoxy) is 1. The molecule has 1 saturated heterocycles. The van der Waals surface area contributed by atoms with Crippen LogP contribution in [0.1, 0.15) is 26.3 Å². The van der Waals surface area contributed by atoms with Gasteiger partial charge >= 0.3 is 0 Å². The quantitative estimate of drug-likeness (QED) is 0.817. The highest BCUT2D eigenvalue weighted by Gasteiger charge is 2.38. The van der Waals surface area contributed by atoms with Gasteiger partial charge in [0.05, 0.1) is 21.5 Å². The van der Waals surface area contributed by atoms with Crippen molar-refractivity contribution in [2.75, 3.05) is 19.3 Å². The molecule has 0 bridgehead atoms. The molecule has 0 aromatic heterocycles. The van der Waals surface area contributed by atoms with Crippen LogP contribution in [0, 0.1) is 6.92 Å². The molecule has 1 atom stereocenters. The molecule has 1 aliphatic heterocycles. The molecule has 1 aromatic carbocycles. The Bertz CT molecular complexity index is 812. The summed E-state index contributed by atoms with van der Waals surface area (Å²) in [7, 11) is -7.26. The number of sulfone groups is 1. The van der Waals surface area contributed by atoms with Crippen molar-refractivity contribution in [2.45, 2.75) is 49.2 Å². The van der Waals surface area contributed by atoms with Crippen LogP contribution in [0.4, 0.5) is 0 Å². The summed E-state index contributed by atoms with van der Waals surface area (Å²) < 4.78 is 56.6. The fourth-order valence-electron chi connectivity index (χ4n) is 2.81. The van der Waals surface area contributed by atoms with Crippen molar-refractivity contribution < 1.29 is 21.6 Å². The Morgan fingerprint density at radius 2 is 1.83 bits per heavy atom. The van der Waals surface area contributed by atoms with Crippen LogP contribution in [-0.2, 0) is 24.6 Å². The van der Waals surface area contributed by atoms with Gasteiger partial charge in [0.15, 0.2) is 9.84 Å².